The molecule has 1 unspecified atom stereocenters. The molecule has 0 aromatic heterocycles. The third kappa shape index (κ3) is 5.13. The van der Waals surface area contributed by atoms with Gasteiger partial charge in [-0.1, -0.05) is 18.2 Å². The van der Waals surface area contributed by atoms with Crippen molar-refractivity contribution in [1.29, 1.82) is 0 Å². The van der Waals surface area contributed by atoms with Gasteiger partial charge in [-0.2, -0.15) is 13.2 Å². The molecule has 0 amide bonds. The van der Waals surface area contributed by atoms with Gasteiger partial charge in [0.15, 0.2) is 0 Å². The first-order valence-electron chi connectivity index (χ1n) is 6.96. The summed E-state index contributed by atoms with van der Waals surface area (Å²) in [6, 6.07) is 6.61. The normalized spacial score (nSPS) is 13.7. The van der Waals surface area contributed by atoms with Crippen LogP contribution in [0, 0.1) is 5.82 Å². The molecule has 1 atom stereocenters. The zero-order chi connectivity index (χ0) is 20.4. The second-order valence-electron chi connectivity index (χ2n) is 5.11. The summed E-state index contributed by atoms with van der Waals surface area (Å²) in [6.45, 7) is 0. The molecule has 0 heterocycles. The first-order valence-corrected chi connectivity index (χ1v) is 9.54. The van der Waals surface area contributed by atoms with Crippen molar-refractivity contribution in [3.05, 3.63) is 65.6 Å². The lowest BCUT2D eigenvalue weighted by Gasteiger charge is -2.24. The molecular weight excluding hydrogens is 412 g/mol. The second kappa shape index (κ2) is 7.76. The Bertz CT molecular complexity index is 990. The average molecular weight is 423 g/mol. The summed E-state index contributed by atoms with van der Waals surface area (Å²) in [5, 5.41) is 4.93. The van der Waals surface area contributed by atoms with E-state index in [0.717, 1.165) is 54.7 Å². The van der Waals surface area contributed by atoms with Gasteiger partial charge in [0.1, 0.15) is 10.7 Å². The summed E-state index contributed by atoms with van der Waals surface area (Å²) in [7, 11) is -4.60. The van der Waals surface area contributed by atoms with E-state index >= 15 is 0 Å². The molecule has 0 spiro atoms. The molecule has 0 aliphatic carbocycles. The molecule has 0 radical (unpaired) electrons. The number of primary sulfonamides is 1. The first-order chi connectivity index (χ1) is 12.4. The lowest BCUT2D eigenvalue weighted by molar-refractivity contribution is -0.137. The minimum atomic E-state index is -4.60. The van der Waals surface area contributed by atoms with Crippen LogP contribution in [0.15, 0.2) is 53.6 Å². The summed E-state index contributed by atoms with van der Waals surface area (Å²) in [5.74, 6) is -1.26. The van der Waals surface area contributed by atoms with E-state index in [0.29, 0.717) is 4.31 Å². The number of alkyl halides is 3. The van der Waals surface area contributed by atoms with Gasteiger partial charge in [0.05, 0.1) is 22.5 Å². The van der Waals surface area contributed by atoms with Gasteiger partial charge in [-0.15, -0.1) is 0 Å². The first kappa shape index (κ1) is 21.0. The maximum atomic E-state index is 13.9. The summed E-state index contributed by atoms with van der Waals surface area (Å²) in [4.78, 5) is -1.04. The molecule has 0 aliphatic rings. The van der Waals surface area contributed by atoms with Crippen molar-refractivity contribution in [1.82, 2.24) is 0 Å². The molecule has 0 fully saturated rings. The van der Waals surface area contributed by atoms with E-state index in [4.69, 9.17) is 5.14 Å². The Hall–Kier alpha value is -2.28. The lowest BCUT2D eigenvalue weighted by atomic mass is 10.1. The Balaban J connectivity index is 2.45. The van der Waals surface area contributed by atoms with Crippen LogP contribution in [0.5, 0.6) is 0 Å². The Kier molecular flexibility index (Phi) is 6.04. The van der Waals surface area contributed by atoms with Crippen molar-refractivity contribution >= 4 is 33.1 Å². The minimum absolute atomic E-state index is 0.187. The predicted octanol–water partition coefficient (Wildman–Crippen LogP) is 2.76. The Morgan fingerprint density at radius 1 is 1.11 bits per heavy atom. The molecular formula is C15H11F4N2O4S2-. The van der Waals surface area contributed by atoms with Gasteiger partial charge in [-0.3, -0.25) is 8.51 Å². The maximum absolute atomic E-state index is 13.9. The molecule has 27 heavy (non-hydrogen) atoms. The van der Waals surface area contributed by atoms with Crippen LogP contribution in [0.1, 0.15) is 11.1 Å². The third-order valence-corrected chi connectivity index (χ3v) is 4.88. The molecule has 2 rings (SSSR count). The Labute approximate surface area is 154 Å². The smallest absolute Gasteiger partial charge is 0.416 e. The van der Waals surface area contributed by atoms with Crippen LogP contribution in [0.3, 0.4) is 0 Å². The van der Waals surface area contributed by atoms with Crippen LogP contribution < -0.4 is 9.44 Å². The van der Waals surface area contributed by atoms with Crippen LogP contribution in [-0.4, -0.2) is 17.2 Å². The van der Waals surface area contributed by atoms with Crippen molar-refractivity contribution in [3.63, 3.8) is 0 Å². The number of nitrogens with zero attached hydrogens (tertiary/aromatic N) is 1. The number of halogens is 4. The van der Waals surface area contributed by atoms with Gasteiger partial charge >= 0.3 is 6.18 Å². The van der Waals surface area contributed by atoms with E-state index in [1.807, 2.05) is 0 Å². The molecule has 0 saturated carbocycles. The molecule has 2 aromatic rings. The summed E-state index contributed by atoms with van der Waals surface area (Å²) >= 11 is -3.07. The van der Waals surface area contributed by atoms with E-state index in [1.165, 1.54) is 0 Å². The summed E-state index contributed by atoms with van der Waals surface area (Å²) in [6.07, 6.45) is -2.57. The Morgan fingerprint density at radius 3 is 2.19 bits per heavy atom. The highest BCUT2D eigenvalue weighted by Crippen LogP contribution is 2.30. The number of nitrogens with two attached hydrogens (primary N) is 1. The molecule has 0 saturated heterocycles. The topological polar surface area (TPSA) is 104 Å². The number of hydrogen-bond acceptors (Lipinski definition) is 4. The van der Waals surface area contributed by atoms with Gasteiger partial charge in [-0.25, -0.2) is 17.9 Å². The van der Waals surface area contributed by atoms with E-state index < -0.39 is 49.4 Å². The lowest BCUT2D eigenvalue weighted by Crippen LogP contribution is -2.24. The molecule has 12 heteroatoms. The number of benzene rings is 2. The number of anilines is 1. The third-order valence-electron chi connectivity index (χ3n) is 3.27. The van der Waals surface area contributed by atoms with Crippen molar-refractivity contribution in [2.75, 3.05) is 4.31 Å². The van der Waals surface area contributed by atoms with E-state index in [-0.39, 0.29) is 5.56 Å². The second-order valence-corrected chi connectivity index (χ2v) is 7.44. The van der Waals surface area contributed by atoms with Gasteiger partial charge in [0.25, 0.3) is 0 Å². The molecule has 2 aromatic carbocycles. The van der Waals surface area contributed by atoms with Crippen LogP contribution in [-0.2, 0) is 27.5 Å². The van der Waals surface area contributed by atoms with E-state index in [2.05, 4.69) is 0 Å². The van der Waals surface area contributed by atoms with Crippen LogP contribution >= 0.6 is 0 Å². The Morgan fingerprint density at radius 2 is 1.70 bits per heavy atom. The molecule has 0 bridgehead atoms. The zero-order valence-corrected chi connectivity index (χ0v) is 14.8. The van der Waals surface area contributed by atoms with Crippen molar-refractivity contribution < 1.29 is 34.7 Å². The van der Waals surface area contributed by atoms with E-state index in [9.17, 15) is 34.7 Å². The fourth-order valence-corrected chi connectivity index (χ4v) is 3.43. The van der Waals surface area contributed by atoms with Crippen molar-refractivity contribution in [2.45, 2.75) is 11.1 Å². The quantitative estimate of drug-likeness (QED) is 0.590. The number of rotatable bonds is 5. The van der Waals surface area contributed by atoms with E-state index in [1.54, 1.807) is 0 Å². The fourth-order valence-electron chi connectivity index (χ4n) is 2.10. The maximum Gasteiger partial charge on any atom is 0.416 e. The average Bonchev–Trinajstić information content (AvgIpc) is 2.53. The zero-order valence-electron chi connectivity index (χ0n) is 13.2. The van der Waals surface area contributed by atoms with Crippen molar-refractivity contribution in [3.8, 4) is 0 Å². The van der Waals surface area contributed by atoms with Gasteiger partial charge in [0, 0.05) is 6.20 Å². The number of hydrogen-bond donors (Lipinski definition) is 1. The highest BCUT2D eigenvalue weighted by atomic mass is 32.2. The van der Waals surface area contributed by atoms with Crippen LogP contribution in [0.4, 0.5) is 23.2 Å². The number of sulfonamides is 1. The largest absolute Gasteiger partial charge is 0.755 e. The SMILES string of the molecule is NS(=O)(=O)c1c(F)cccc1N(C=Cc1ccc(C(F)(F)F)cc1)S(=O)[O-]. The highest BCUT2D eigenvalue weighted by Gasteiger charge is 2.29. The van der Waals surface area contributed by atoms with Gasteiger partial charge in [0.2, 0.25) is 10.0 Å². The van der Waals surface area contributed by atoms with Crippen LogP contribution in [0.2, 0.25) is 0 Å². The molecule has 146 valence electrons. The van der Waals surface area contributed by atoms with Gasteiger partial charge < -0.3 is 4.55 Å². The van der Waals surface area contributed by atoms with Crippen molar-refractivity contribution in [2.24, 2.45) is 5.14 Å². The standard InChI is InChI=1S/C15H12F4N2O4S2/c16-12-2-1-3-13(14(12)27(20,24)25)21(26(22)23)9-8-10-4-6-11(7-5-10)15(17,18)19/h1-9H,(H,22,23)(H2,20,24,25)/p-1. The summed E-state index contributed by atoms with van der Waals surface area (Å²) < 4.78 is 98.0. The van der Waals surface area contributed by atoms with Gasteiger partial charge in [-0.05, 0) is 35.9 Å². The summed E-state index contributed by atoms with van der Waals surface area (Å²) in [5.41, 5.74) is -1.29. The monoisotopic (exact) mass is 423 g/mol. The highest BCUT2D eigenvalue weighted by molar-refractivity contribution is 7.89. The van der Waals surface area contributed by atoms with Crippen LogP contribution in [0.25, 0.3) is 6.08 Å². The fraction of sp³-hybridized carbons (Fsp3) is 0.0667. The molecule has 2 N–H and O–H groups in total. The minimum Gasteiger partial charge on any atom is -0.755 e. The molecule has 0 aliphatic heterocycles. The predicted molar refractivity (Wildman–Crippen MR) is 89.7 cm³/mol. The molecule has 6 nitrogen and oxygen atoms in total.